The minimum absolute atomic E-state index is 0.0644. The molecule has 0 heterocycles. The maximum absolute atomic E-state index is 12.1. The number of benzene rings is 2. The molecule has 0 aliphatic heterocycles. The number of phenols is 1. The van der Waals surface area contributed by atoms with Gasteiger partial charge in [-0.25, -0.2) is 4.79 Å². The minimum Gasteiger partial charge on any atom is -0.508 e. The number of rotatable bonds is 7. The van der Waals surface area contributed by atoms with Crippen molar-refractivity contribution in [2.24, 2.45) is 0 Å². The molecular formula is C19H21NO4. The van der Waals surface area contributed by atoms with Gasteiger partial charge < -0.3 is 15.2 Å². The monoisotopic (exact) mass is 327 g/mol. The van der Waals surface area contributed by atoms with Gasteiger partial charge >= 0.3 is 5.97 Å². The first-order valence-electron chi connectivity index (χ1n) is 7.90. The third kappa shape index (κ3) is 5.12. The summed E-state index contributed by atoms with van der Waals surface area (Å²) in [7, 11) is 0. The van der Waals surface area contributed by atoms with Crippen molar-refractivity contribution >= 4 is 11.9 Å². The number of phenolic OH excluding ortho intramolecular Hbond substituents is 1. The maximum Gasteiger partial charge on any atom is 0.338 e. The molecule has 0 aliphatic carbocycles. The number of nitrogens with one attached hydrogen (secondary N) is 1. The van der Waals surface area contributed by atoms with Crippen LogP contribution in [-0.2, 0) is 9.53 Å². The van der Waals surface area contributed by atoms with Crippen LogP contribution in [0.2, 0.25) is 0 Å². The number of hydrogen-bond acceptors (Lipinski definition) is 4. The Morgan fingerprint density at radius 3 is 2.38 bits per heavy atom. The first-order valence-corrected chi connectivity index (χ1v) is 7.90. The van der Waals surface area contributed by atoms with E-state index in [1.165, 1.54) is 24.3 Å². The first-order chi connectivity index (χ1) is 11.6. The zero-order chi connectivity index (χ0) is 17.4. The second-order valence-electron chi connectivity index (χ2n) is 5.44. The molecule has 2 aromatic carbocycles. The zero-order valence-corrected chi connectivity index (χ0v) is 13.6. The van der Waals surface area contributed by atoms with Crippen LogP contribution in [0.5, 0.6) is 5.75 Å². The lowest BCUT2D eigenvalue weighted by Gasteiger charge is -2.18. The fraction of sp³-hybridized carbons (Fsp3) is 0.263. The van der Waals surface area contributed by atoms with Crippen molar-refractivity contribution in [2.45, 2.75) is 25.8 Å². The van der Waals surface area contributed by atoms with Crippen LogP contribution in [0, 0.1) is 0 Å². The number of hydrogen-bond donors (Lipinski definition) is 2. The standard InChI is InChI=1S/C19H21NO4/c1-2-6-17(14-7-4-3-5-8-14)20-18(22)13-24-19(23)15-9-11-16(21)12-10-15/h3-5,7-12,17,21H,2,6,13H2,1H3,(H,20,22). The average Bonchev–Trinajstić information content (AvgIpc) is 2.60. The van der Waals surface area contributed by atoms with E-state index in [9.17, 15) is 14.7 Å². The van der Waals surface area contributed by atoms with E-state index in [0.29, 0.717) is 0 Å². The highest BCUT2D eigenvalue weighted by Crippen LogP contribution is 2.18. The van der Waals surface area contributed by atoms with Gasteiger partial charge in [-0.15, -0.1) is 0 Å². The normalized spacial score (nSPS) is 11.5. The maximum atomic E-state index is 12.1. The molecule has 0 saturated carbocycles. The van der Waals surface area contributed by atoms with Crippen LogP contribution in [0.1, 0.15) is 41.7 Å². The predicted molar refractivity (Wildman–Crippen MR) is 90.6 cm³/mol. The van der Waals surface area contributed by atoms with Crippen molar-refractivity contribution in [1.29, 1.82) is 0 Å². The summed E-state index contributed by atoms with van der Waals surface area (Å²) in [6, 6.07) is 15.3. The SMILES string of the molecule is CCCC(NC(=O)COC(=O)c1ccc(O)cc1)c1ccccc1. The van der Waals surface area contributed by atoms with Gasteiger partial charge in [0.1, 0.15) is 5.75 Å². The molecule has 0 aliphatic rings. The van der Waals surface area contributed by atoms with E-state index in [0.717, 1.165) is 18.4 Å². The van der Waals surface area contributed by atoms with Crippen molar-refractivity contribution in [1.82, 2.24) is 5.32 Å². The molecule has 0 bridgehead atoms. The smallest absolute Gasteiger partial charge is 0.338 e. The Labute approximate surface area is 141 Å². The van der Waals surface area contributed by atoms with Crippen molar-refractivity contribution in [3.05, 3.63) is 65.7 Å². The molecule has 2 aromatic rings. The van der Waals surface area contributed by atoms with Crippen LogP contribution in [0.3, 0.4) is 0 Å². The molecule has 1 atom stereocenters. The van der Waals surface area contributed by atoms with Gasteiger partial charge in [0.25, 0.3) is 5.91 Å². The van der Waals surface area contributed by atoms with Gasteiger partial charge in [-0.05, 0) is 36.2 Å². The quantitative estimate of drug-likeness (QED) is 0.766. The van der Waals surface area contributed by atoms with E-state index >= 15 is 0 Å². The highest BCUT2D eigenvalue weighted by Gasteiger charge is 2.15. The Balaban J connectivity index is 1.89. The van der Waals surface area contributed by atoms with E-state index in [1.807, 2.05) is 37.3 Å². The average molecular weight is 327 g/mol. The van der Waals surface area contributed by atoms with Crippen LogP contribution in [0.25, 0.3) is 0 Å². The Morgan fingerprint density at radius 2 is 1.75 bits per heavy atom. The molecule has 5 nitrogen and oxygen atoms in total. The van der Waals surface area contributed by atoms with E-state index in [4.69, 9.17) is 4.74 Å². The Bertz CT molecular complexity index is 668. The Hall–Kier alpha value is -2.82. The summed E-state index contributed by atoms with van der Waals surface area (Å²) >= 11 is 0. The molecule has 1 unspecified atom stereocenters. The van der Waals surface area contributed by atoms with Crippen molar-refractivity contribution in [3.8, 4) is 5.75 Å². The topological polar surface area (TPSA) is 75.6 Å². The van der Waals surface area contributed by atoms with Crippen molar-refractivity contribution in [3.63, 3.8) is 0 Å². The highest BCUT2D eigenvalue weighted by molar-refractivity contribution is 5.91. The van der Waals surface area contributed by atoms with Gasteiger partial charge in [0.15, 0.2) is 6.61 Å². The molecule has 2 N–H and O–H groups in total. The number of aromatic hydroxyl groups is 1. The highest BCUT2D eigenvalue weighted by atomic mass is 16.5. The van der Waals surface area contributed by atoms with E-state index in [1.54, 1.807) is 0 Å². The van der Waals surface area contributed by atoms with Gasteiger partial charge in [-0.1, -0.05) is 43.7 Å². The summed E-state index contributed by atoms with van der Waals surface area (Å²) < 4.78 is 5.01. The molecule has 1 amide bonds. The van der Waals surface area contributed by atoms with Crippen LogP contribution < -0.4 is 5.32 Å². The van der Waals surface area contributed by atoms with Crippen LogP contribution >= 0.6 is 0 Å². The van der Waals surface area contributed by atoms with E-state index < -0.39 is 5.97 Å². The summed E-state index contributed by atoms with van der Waals surface area (Å²) in [5.74, 6) is -0.879. The second kappa shape index (κ2) is 8.72. The zero-order valence-electron chi connectivity index (χ0n) is 13.6. The minimum atomic E-state index is -0.600. The summed E-state index contributed by atoms with van der Waals surface area (Å²) in [4.78, 5) is 23.9. The first kappa shape index (κ1) is 17.5. The second-order valence-corrected chi connectivity index (χ2v) is 5.44. The lowest BCUT2D eigenvalue weighted by molar-refractivity contribution is -0.125. The van der Waals surface area contributed by atoms with Gasteiger partial charge in [0.2, 0.25) is 0 Å². The third-order valence-corrected chi connectivity index (χ3v) is 3.55. The van der Waals surface area contributed by atoms with Crippen LogP contribution in [0.15, 0.2) is 54.6 Å². The molecule has 2 rings (SSSR count). The fourth-order valence-corrected chi connectivity index (χ4v) is 2.34. The Morgan fingerprint density at radius 1 is 1.08 bits per heavy atom. The third-order valence-electron chi connectivity index (χ3n) is 3.55. The van der Waals surface area contributed by atoms with Gasteiger partial charge in [0.05, 0.1) is 11.6 Å². The molecule has 0 saturated heterocycles. The van der Waals surface area contributed by atoms with Crippen molar-refractivity contribution in [2.75, 3.05) is 6.61 Å². The largest absolute Gasteiger partial charge is 0.508 e. The van der Waals surface area contributed by atoms with Crippen molar-refractivity contribution < 1.29 is 19.4 Å². The lowest BCUT2D eigenvalue weighted by Crippen LogP contribution is -2.32. The summed E-state index contributed by atoms with van der Waals surface area (Å²) in [5.41, 5.74) is 1.31. The van der Waals surface area contributed by atoms with Gasteiger partial charge in [-0.2, -0.15) is 0 Å². The number of ether oxygens (including phenoxy) is 1. The molecule has 0 radical (unpaired) electrons. The summed E-state index contributed by atoms with van der Waals surface area (Å²) in [5, 5.41) is 12.1. The van der Waals surface area contributed by atoms with Crippen LogP contribution in [-0.4, -0.2) is 23.6 Å². The molecule has 5 heteroatoms. The van der Waals surface area contributed by atoms with Crippen LogP contribution in [0.4, 0.5) is 0 Å². The number of carbonyl (C=O) groups excluding carboxylic acids is 2. The number of amides is 1. The number of carbonyl (C=O) groups is 2. The summed E-state index contributed by atoms with van der Waals surface area (Å²) in [6.45, 7) is 1.71. The van der Waals surface area contributed by atoms with E-state index in [-0.39, 0.29) is 29.9 Å². The fourth-order valence-electron chi connectivity index (χ4n) is 2.34. The molecule has 0 aromatic heterocycles. The molecule has 24 heavy (non-hydrogen) atoms. The molecule has 126 valence electrons. The van der Waals surface area contributed by atoms with Gasteiger partial charge in [0, 0.05) is 0 Å². The summed E-state index contributed by atoms with van der Waals surface area (Å²) in [6.07, 6.45) is 1.73. The molecule has 0 spiro atoms. The van der Waals surface area contributed by atoms with E-state index in [2.05, 4.69) is 5.32 Å². The molecule has 0 fully saturated rings. The number of esters is 1. The lowest BCUT2D eigenvalue weighted by atomic mass is 10.0. The predicted octanol–water partition coefficient (Wildman–Crippen LogP) is 3.21. The van der Waals surface area contributed by atoms with Gasteiger partial charge in [-0.3, -0.25) is 4.79 Å². The molecular weight excluding hydrogens is 306 g/mol. The Kier molecular flexibility index (Phi) is 6.37.